The maximum atomic E-state index is 13.5. The van der Waals surface area contributed by atoms with Crippen molar-refractivity contribution in [3.63, 3.8) is 0 Å². The average Bonchev–Trinajstić information content (AvgIpc) is 2.74. The molecule has 1 unspecified atom stereocenters. The number of carbonyl (C=O) groups is 1. The minimum Gasteiger partial charge on any atom is -0.495 e. The van der Waals surface area contributed by atoms with Gasteiger partial charge in [0.25, 0.3) is 5.91 Å². The van der Waals surface area contributed by atoms with E-state index in [4.69, 9.17) is 9.47 Å². The first-order chi connectivity index (χ1) is 12.0. The number of amides is 1. The highest BCUT2D eigenvalue weighted by Gasteiger charge is 2.23. The first kappa shape index (κ1) is 17.2. The number of rotatable bonds is 4. The lowest BCUT2D eigenvalue weighted by atomic mass is 10.2. The zero-order valence-corrected chi connectivity index (χ0v) is 14.4. The third kappa shape index (κ3) is 3.55. The maximum absolute atomic E-state index is 13.5. The van der Waals surface area contributed by atoms with Crippen molar-refractivity contribution in [2.24, 2.45) is 0 Å². The van der Waals surface area contributed by atoms with Crippen LogP contribution in [-0.4, -0.2) is 47.3 Å². The molecule has 0 saturated heterocycles. The van der Waals surface area contributed by atoms with Gasteiger partial charge in [-0.05, 0) is 24.3 Å². The second-order valence-corrected chi connectivity index (χ2v) is 6.50. The van der Waals surface area contributed by atoms with Crippen LogP contribution in [0.25, 0.3) is 0 Å². The SMILES string of the molecule is COc1ccc(F)cc1S(=O)Nc1cnc2c(c1)C(=O)N(C)CCO2. The van der Waals surface area contributed by atoms with E-state index < -0.39 is 16.8 Å². The number of fused-ring (bicyclic) bond motifs is 1. The van der Waals surface area contributed by atoms with Crippen LogP contribution in [0.5, 0.6) is 11.6 Å². The molecule has 3 rings (SSSR count). The number of hydrogen-bond donors (Lipinski definition) is 1. The molecule has 0 radical (unpaired) electrons. The molecule has 25 heavy (non-hydrogen) atoms. The molecule has 0 saturated carbocycles. The monoisotopic (exact) mass is 365 g/mol. The van der Waals surface area contributed by atoms with Crippen molar-refractivity contribution in [3.05, 3.63) is 41.8 Å². The highest BCUT2D eigenvalue weighted by atomic mass is 32.2. The average molecular weight is 365 g/mol. The van der Waals surface area contributed by atoms with Crippen LogP contribution in [0.1, 0.15) is 10.4 Å². The van der Waals surface area contributed by atoms with Crippen molar-refractivity contribution in [3.8, 4) is 11.6 Å². The summed E-state index contributed by atoms with van der Waals surface area (Å²) < 4.78 is 39.2. The predicted molar refractivity (Wildman–Crippen MR) is 89.7 cm³/mol. The first-order valence-electron chi connectivity index (χ1n) is 7.40. The van der Waals surface area contributed by atoms with E-state index in [2.05, 4.69) is 9.71 Å². The van der Waals surface area contributed by atoms with Crippen molar-refractivity contribution >= 4 is 22.6 Å². The summed E-state index contributed by atoms with van der Waals surface area (Å²) in [6.45, 7) is 0.797. The molecule has 1 aliphatic heterocycles. The Labute approximate surface area is 146 Å². The Bertz CT molecular complexity index is 846. The molecule has 7 nitrogen and oxygen atoms in total. The van der Waals surface area contributed by atoms with Gasteiger partial charge in [-0.15, -0.1) is 0 Å². The summed E-state index contributed by atoms with van der Waals surface area (Å²) in [5, 5.41) is 0. The second-order valence-electron chi connectivity index (χ2n) is 5.32. The van der Waals surface area contributed by atoms with Crippen LogP contribution in [-0.2, 0) is 11.0 Å². The van der Waals surface area contributed by atoms with Crippen molar-refractivity contribution < 1.29 is 22.9 Å². The molecule has 0 aliphatic carbocycles. The van der Waals surface area contributed by atoms with Gasteiger partial charge in [-0.25, -0.2) is 13.6 Å². The molecular weight excluding hydrogens is 349 g/mol. The smallest absolute Gasteiger partial charge is 0.259 e. The van der Waals surface area contributed by atoms with Crippen molar-refractivity contribution in [1.82, 2.24) is 9.88 Å². The van der Waals surface area contributed by atoms with Crippen molar-refractivity contribution in [1.29, 1.82) is 0 Å². The third-order valence-corrected chi connectivity index (χ3v) is 4.77. The third-order valence-electron chi connectivity index (χ3n) is 3.63. The van der Waals surface area contributed by atoms with Gasteiger partial charge in [0.05, 0.1) is 25.5 Å². The number of nitrogens with one attached hydrogen (secondary N) is 1. The molecule has 1 N–H and O–H groups in total. The quantitative estimate of drug-likeness (QED) is 0.894. The lowest BCUT2D eigenvalue weighted by Crippen LogP contribution is -2.27. The lowest BCUT2D eigenvalue weighted by Gasteiger charge is -2.13. The summed E-state index contributed by atoms with van der Waals surface area (Å²) in [5.74, 6) is -0.253. The Morgan fingerprint density at radius 2 is 2.20 bits per heavy atom. The van der Waals surface area contributed by atoms with E-state index in [1.807, 2.05) is 0 Å². The highest BCUT2D eigenvalue weighted by molar-refractivity contribution is 7.86. The molecule has 1 amide bonds. The van der Waals surface area contributed by atoms with E-state index in [9.17, 15) is 13.4 Å². The predicted octanol–water partition coefficient (Wildman–Crippen LogP) is 1.83. The van der Waals surface area contributed by atoms with Crippen LogP contribution < -0.4 is 14.2 Å². The Morgan fingerprint density at radius 1 is 1.40 bits per heavy atom. The van der Waals surface area contributed by atoms with E-state index in [-0.39, 0.29) is 28.0 Å². The molecule has 1 aromatic heterocycles. The molecule has 1 aromatic carbocycles. The Hall–Kier alpha value is -2.68. The summed E-state index contributed by atoms with van der Waals surface area (Å²) in [4.78, 5) is 18.1. The number of benzene rings is 1. The summed E-state index contributed by atoms with van der Waals surface area (Å²) >= 11 is 0. The largest absolute Gasteiger partial charge is 0.495 e. The van der Waals surface area contributed by atoms with Crippen LogP contribution in [0, 0.1) is 5.82 Å². The number of nitrogens with zero attached hydrogens (tertiary/aromatic N) is 2. The number of carbonyl (C=O) groups excluding carboxylic acids is 1. The number of anilines is 1. The van der Waals surface area contributed by atoms with E-state index in [0.717, 1.165) is 6.07 Å². The number of ether oxygens (including phenoxy) is 2. The van der Waals surface area contributed by atoms with Crippen LogP contribution in [0.4, 0.5) is 10.1 Å². The van der Waals surface area contributed by atoms with Crippen LogP contribution in [0.3, 0.4) is 0 Å². The molecule has 0 bridgehead atoms. The van der Waals surface area contributed by atoms with E-state index in [1.165, 1.54) is 36.4 Å². The van der Waals surface area contributed by atoms with Gasteiger partial charge >= 0.3 is 0 Å². The Morgan fingerprint density at radius 3 is 2.96 bits per heavy atom. The van der Waals surface area contributed by atoms with Crippen molar-refractivity contribution in [2.75, 3.05) is 32.0 Å². The van der Waals surface area contributed by atoms with Crippen LogP contribution >= 0.6 is 0 Å². The molecule has 9 heteroatoms. The van der Waals surface area contributed by atoms with Gasteiger partial charge in [-0.2, -0.15) is 0 Å². The van der Waals surface area contributed by atoms with Gasteiger partial charge < -0.3 is 14.4 Å². The molecule has 2 aromatic rings. The minimum absolute atomic E-state index is 0.150. The number of likely N-dealkylation sites (N-methyl/N-ethyl adjacent to an activating group) is 1. The number of pyridine rings is 1. The van der Waals surface area contributed by atoms with Gasteiger partial charge in [0.1, 0.15) is 28.6 Å². The standard InChI is InChI=1S/C16H16FN3O4S/c1-20-5-6-24-15-12(16(20)21)8-11(9-18-15)19-25(22)14-7-10(17)3-4-13(14)23-2/h3-4,7-9,19H,5-6H2,1-2H3. The number of methoxy groups -OCH3 is 1. The fraction of sp³-hybridized carbons (Fsp3) is 0.250. The fourth-order valence-electron chi connectivity index (χ4n) is 2.32. The summed E-state index contributed by atoms with van der Waals surface area (Å²) in [6.07, 6.45) is 1.40. The van der Waals surface area contributed by atoms with Crippen LogP contribution in [0.15, 0.2) is 35.4 Å². The summed E-state index contributed by atoms with van der Waals surface area (Å²) in [5.41, 5.74) is 0.615. The van der Waals surface area contributed by atoms with Gasteiger partial charge in [-0.1, -0.05) is 0 Å². The number of aromatic nitrogens is 1. The van der Waals surface area contributed by atoms with Gasteiger partial charge in [0.2, 0.25) is 5.88 Å². The molecular formula is C16H16FN3O4S. The minimum atomic E-state index is -1.80. The van der Waals surface area contributed by atoms with Crippen LogP contribution in [0.2, 0.25) is 0 Å². The van der Waals surface area contributed by atoms with Crippen molar-refractivity contribution in [2.45, 2.75) is 4.90 Å². The molecule has 1 aliphatic rings. The highest BCUT2D eigenvalue weighted by Crippen LogP contribution is 2.27. The normalized spacial score (nSPS) is 15.0. The molecule has 0 spiro atoms. The van der Waals surface area contributed by atoms with Gasteiger partial charge in [0, 0.05) is 7.05 Å². The zero-order chi connectivity index (χ0) is 18.0. The first-order valence-corrected chi connectivity index (χ1v) is 8.55. The number of hydrogen-bond acceptors (Lipinski definition) is 5. The molecule has 2 heterocycles. The van der Waals surface area contributed by atoms with E-state index >= 15 is 0 Å². The van der Waals surface area contributed by atoms with E-state index in [1.54, 1.807) is 7.05 Å². The topological polar surface area (TPSA) is 80.8 Å². The van der Waals surface area contributed by atoms with Gasteiger partial charge in [0.15, 0.2) is 11.0 Å². The lowest BCUT2D eigenvalue weighted by molar-refractivity contribution is 0.0797. The summed E-state index contributed by atoms with van der Waals surface area (Å²) in [6, 6.07) is 5.25. The summed E-state index contributed by atoms with van der Waals surface area (Å²) in [7, 11) is 1.27. The fourth-order valence-corrected chi connectivity index (χ4v) is 3.31. The molecule has 1 atom stereocenters. The Kier molecular flexibility index (Phi) is 4.84. The Balaban J connectivity index is 1.89. The molecule has 0 fully saturated rings. The van der Waals surface area contributed by atoms with E-state index in [0.29, 0.717) is 18.8 Å². The number of halogens is 1. The molecule has 132 valence electrons. The maximum Gasteiger partial charge on any atom is 0.259 e. The zero-order valence-electron chi connectivity index (χ0n) is 13.6. The van der Waals surface area contributed by atoms with Gasteiger partial charge in [-0.3, -0.25) is 9.52 Å². The second kappa shape index (κ2) is 7.06.